The standard InChI is InChI=1S/C19H24N4O/c1-15-14-21-23-12-11-20-19(18(15)23)22-17(10-6-7-13-24-2)16-8-4-3-5-9-16/h3-5,8-9,11-12,14,17H,6-7,10,13H2,1-2H3,(H,20,22). The van der Waals surface area contributed by atoms with Gasteiger partial charge >= 0.3 is 0 Å². The molecule has 0 spiro atoms. The number of hydrogen-bond acceptors (Lipinski definition) is 4. The molecule has 1 aromatic carbocycles. The number of nitrogens with one attached hydrogen (secondary N) is 1. The zero-order chi connectivity index (χ0) is 16.8. The van der Waals surface area contributed by atoms with Crippen LogP contribution in [0, 0.1) is 6.92 Å². The highest BCUT2D eigenvalue weighted by atomic mass is 16.5. The first kappa shape index (κ1) is 16.5. The molecule has 126 valence electrons. The van der Waals surface area contributed by atoms with Gasteiger partial charge in [-0.3, -0.25) is 0 Å². The van der Waals surface area contributed by atoms with Crippen molar-refractivity contribution in [3.05, 3.63) is 60.0 Å². The van der Waals surface area contributed by atoms with E-state index >= 15 is 0 Å². The number of rotatable bonds is 8. The molecule has 0 aliphatic rings. The van der Waals surface area contributed by atoms with Crippen LogP contribution in [0.2, 0.25) is 0 Å². The van der Waals surface area contributed by atoms with Gasteiger partial charge in [0.25, 0.3) is 0 Å². The van der Waals surface area contributed by atoms with Gasteiger partial charge < -0.3 is 10.1 Å². The molecule has 0 aliphatic carbocycles. The lowest BCUT2D eigenvalue weighted by molar-refractivity contribution is 0.191. The molecule has 0 amide bonds. The first-order valence-corrected chi connectivity index (χ1v) is 8.39. The van der Waals surface area contributed by atoms with Crippen molar-refractivity contribution >= 4 is 11.3 Å². The summed E-state index contributed by atoms with van der Waals surface area (Å²) in [5.74, 6) is 0.882. The van der Waals surface area contributed by atoms with Crippen LogP contribution in [0.15, 0.2) is 48.9 Å². The molecule has 1 N–H and O–H groups in total. The third kappa shape index (κ3) is 3.74. The maximum Gasteiger partial charge on any atom is 0.152 e. The van der Waals surface area contributed by atoms with Gasteiger partial charge in [0, 0.05) is 26.1 Å². The predicted octanol–water partition coefficient (Wildman–Crippen LogP) is 4.01. The number of nitrogens with zero attached hydrogens (tertiary/aromatic N) is 3. The van der Waals surface area contributed by atoms with E-state index in [9.17, 15) is 0 Å². The van der Waals surface area contributed by atoms with Crippen LogP contribution in [0.1, 0.15) is 36.4 Å². The minimum absolute atomic E-state index is 0.219. The number of ether oxygens (including phenoxy) is 1. The third-order valence-electron chi connectivity index (χ3n) is 4.22. The average molecular weight is 324 g/mol. The molecule has 0 radical (unpaired) electrons. The highest BCUT2D eigenvalue weighted by Crippen LogP contribution is 2.27. The number of fused-ring (bicyclic) bond motifs is 1. The van der Waals surface area contributed by atoms with Gasteiger partial charge in [-0.15, -0.1) is 0 Å². The molecule has 0 fully saturated rings. The van der Waals surface area contributed by atoms with Crippen molar-refractivity contribution in [1.82, 2.24) is 14.6 Å². The van der Waals surface area contributed by atoms with Crippen molar-refractivity contribution < 1.29 is 4.74 Å². The van der Waals surface area contributed by atoms with Crippen molar-refractivity contribution in [2.75, 3.05) is 19.0 Å². The van der Waals surface area contributed by atoms with E-state index in [1.807, 2.05) is 23.0 Å². The van der Waals surface area contributed by atoms with Crippen molar-refractivity contribution in [2.24, 2.45) is 0 Å². The largest absolute Gasteiger partial charge is 0.385 e. The number of anilines is 1. The Bertz CT molecular complexity index is 769. The Kier molecular flexibility index (Phi) is 5.43. The lowest BCUT2D eigenvalue weighted by Gasteiger charge is -2.20. The number of aryl methyl sites for hydroxylation is 1. The summed E-state index contributed by atoms with van der Waals surface area (Å²) in [7, 11) is 1.75. The molecule has 3 aromatic rings. The van der Waals surface area contributed by atoms with E-state index in [1.54, 1.807) is 13.3 Å². The molecule has 1 unspecified atom stereocenters. The zero-order valence-electron chi connectivity index (χ0n) is 14.3. The molecule has 2 aromatic heterocycles. The van der Waals surface area contributed by atoms with Crippen molar-refractivity contribution in [1.29, 1.82) is 0 Å². The summed E-state index contributed by atoms with van der Waals surface area (Å²) in [6.45, 7) is 2.86. The normalized spacial score (nSPS) is 12.4. The summed E-state index contributed by atoms with van der Waals surface area (Å²) in [6, 6.07) is 10.8. The predicted molar refractivity (Wildman–Crippen MR) is 96.3 cm³/mol. The van der Waals surface area contributed by atoms with Gasteiger partial charge in [-0.25, -0.2) is 9.50 Å². The van der Waals surface area contributed by atoms with Gasteiger partial charge in [-0.05, 0) is 37.3 Å². The molecule has 0 aliphatic heterocycles. The van der Waals surface area contributed by atoms with Crippen LogP contribution in [0.4, 0.5) is 5.82 Å². The Balaban J connectivity index is 1.83. The fourth-order valence-corrected chi connectivity index (χ4v) is 2.96. The van der Waals surface area contributed by atoms with Crippen LogP contribution in [0.5, 0.6) is 0 Å². The average Bonchev–Trinajstić information content (AvgIpc) is 3.00. The Labute approximate surface area is 142 Å². The smallest absolute Gasteiger partial charge is 0.152 e. The molecule has 3 rings (SSSR count). The fraction of sp³-hybridized carbons (Fsp3) is 0.368. The Morgan fingerprint density at radius 2 is 2.04 bits per heavy atom. The Hall–Kier alpha value is -2.40. The molecule has 1 atom stereocenters. The Morgan fingerprint density at radius 1 is 1.21 bits per heavy atom. The molecule has 0 bridgehead atoms. The number of unbranched alkanes of at least 4 members (excludes halogenated alkanes) is 1. The molecular formula is C19H24N4O. The SMILES string of the molecule is COCCCCC(Nc1nccn2ncc(C)c12)c1ccccc1. The van der Waals surface area contributed by atoms with Crippen molar-refractivity contribution in [3.8, 4) is 0 Å². The molecule has 5 heteroatoms. The maximum absolute atomic E-state index is 5.17. The monoisotopic (exact) mass is 324 g/mol. The first-order valence-electron chi connectivity index (χ1n) is 8.39. The first-order chi connectivity index (χ1) is 11.8. The van der Waals surface area contributed by atoms with E-state index in [0.717, 1.165) is 42.8 Å². The van der Waals surface area contributed by atoms with E-state index in [0.29, 0.717) is 0 Å². The topological polar surface area (TPSA) is 51.5 Å². The maximum atomic E-state index is 5.17. The summed E-state index contributed by atoms with van der Waals surface area (Å²) in [4.78, 5) is 4.55. The van der Waals surface area contributed by atoms with Crippen LogP contribution in [0.25, 0.3) is 5.52 Å². The van der Waals surface area contributed by atoms with E-state index in [1.165, 1.54) is 5.56 Å². The van der Waals surface area contributed by atoms with Crippen LogP contribution in [-0.2, 0) is 4.74 Å². The van der Waals surface area contributed by atoms with E-state index in [2.05, 4.69) is 46.6 Å². The van der Waals surface area contributed by atoms with Crippen LogP contribution < -0.4 is 5.32 Å². The summed E-state index contributed by atoms with van der Waals surface area (Å²) in [5, 5.41) is 7.99. The summed E-state index contributed by atoms with van der Waals surface area (Å²) >= 11 is 0. The van der Waals surface area contributed by atoms with Gasteiger partial charge in [-0.2, -0.15) is 5.10 Å². The molecule has 0 saturated heterocycles. The van der Waals surface area contributed by atoms with E-state index < -0.39 is 0 Å². The van der Waals surface area contributed by atoms with Crippen LogP contribution in [-0.4, -0.2) is 28.3 Å². The van der Waals surface area contributed by atoms with Gasteiger partial charge in [0.05, 0.1) is 12.2 Å². The molecule has 2 heterocycles. The van der Waals surface area contributed by atoms with Crippen LogP contribution in [0.3, 0.4) is 0 Å². The number of hydrogen-bond donors (Lipinski definition) is 1. The van der Waals surface area contributed by atoms with E-state index in [-0.39, 0.29) is 6.04 Å². The van der Waals surface area contributed by atoms with Crippen molar-refractivity contribution in [3.63, 3.8) is 0 Å². The minimum atomic E-state index is 0.219. The number of aromatic nitrogens is 3. The van der Waals surface area contributed by atoms with Gasteiger partial charge in [0.15, 0.2) is 5.82 Å². The summed E-state index contributed by atoms with van der Waals surface area (Å²) in [6.07, 6.45) is 8.73. The molecular weight excluding hydrogens is 300 g/mol. The minimum Gasteiger partial charge on any atom is -0.385 e. The lowest BCUT2D eigenvalue weighted by atomic mass is 10.0. The second kappa shape index (κ2) is 7.93. The summed E-state index contributed by atoms with van der Waals surface area (Å²) < 4.78 is 7.04. The highest BCUT2D eigenvalue weighted by molar-refractivity contribution is 5.71. The molecule has 0 saturated carbocycles. The second-order valence-corrected chi connectivity index (χ2v) is 5.99. The number of methoxy groups -OCH3 is 1. The van der Waals surface area contributed by atoms with Gasteiger partial charge in [0.1, 0.15) is 5.52 Å². The number of benzene rings is 1. The Morgan fingerprint density at radius 3 is 2.83 bits per heavy atom. The quantitative estimate of drug-likeness (QED) is 0.636. The third-order valence-corrected chi connectivity index (χ3v) is 4.22. The molecule has 24 heavy (non-hydrogen) atoms. The van der Waals surface area contributed by atoms with E-state index in [4.69, 9.17) is 4.74 Å². The van der Waals surface area contributed by atoms with Gasteiger partial charge in [0.2, 0.25) is 0 Å². The zero-order valence-corrected chi connectivity index (χ0v) is 14.3. The lowest BCUT2D eigenvalue weighted by Crippen LogP contribution is -2.13. The molecule has 5 nitrogen and oxygen atoms in total. The van der Waals surface area contributed by atoms with Crippen molar-refractivity contribution in [2.45, 2.75) is 32.2 Å². The highest BCUT2D eigenvalue weighted by Gasteiger charge is 2.15. The summed E-state index contributed by atoms with van der Waals surface area (Å²) in [5.41, 5.74) is 3.43. The fourth-order valence-electron chi connectivity index (χ4n) is 2.96. The van der Waals surface area contributed by atoms with Crippen LogP contribution >= 0.6 is 0 Å². The van der Waals surface area contributed by atoms with Gasteiger partial charge in [-0.1, -0.05) is 30.3 Å². The second-order valence-electron chi connectivity index (χ2n) is 5.99.